The van der Waals surface area contributed by atoms with Gasteiger partial charge < -0.3 is 9.84 Å². The van der Waals surface area contributed by atoms with Crippen LogP contribution in [-0.4, -0.2) is 38.9 Å². The summed E-state index contributed by atoms with van der Waals surface area (Å²) in [6.45, 7) is 3.31. The molecule has 3 rings (SSSR count). The Bertz CT molecular complexity index is 1030. The number of aliphatic imine (C=N–C) groups is 1. The Hall–Kier alpha value is -3.19. The zero-order chi connectivity index (χ0) is 19.4. The Morgan fingerprint density at radius 3 is 2.70 bits per heavy atom. The fraction of sp³-hybridized carbons (Fsp3) is 0.158. The highest BCUT2D eigenvalue weighted by molar-refractivity contribution is 6.30. The molecule has 2 aromatic carbocycles. The van der Waals surface area contributed by atoms with Crippen LogP contribution in [0.3, 0.4) is 0 Å². The maximum absolute atomic E-state index is 11.8. The average Bonchev–Trinajstić information content (AvgIpc) is 3.06. The van der Waals surface area contributed by atoms with Crippen molar-refractivity contribution in [3.8, 4) is 5.69 Å². The zero-order valence-electron chi connectivity index (χ0n) is 14.8. The fourth-order valence-corrected chi connectivity index (χ4v) is 2.53. The van der Waals surface area contributed by atoms with Crippen molar-refractivity contribution in [2.75, 3.05) is 6.61 Å². The topological polar surface area (TPSA) is 89.6 Å². The van der Waals surface area contributed by atoms with E-state index < -0.39 is 5.97 Å². The van der Waals surface area contributed by atoms with Gasteiger partial charge in [-0.05, 0) is 56.3 Å². The Morgan fingerprint density at radius 1 is 1.30 bits per heavy atom. The van der Waals surface area contributed by atoms with Gasteiger partial charge >= 0.3 is 5.97 Å². The molecule has 27 heavy (non-hydrogen) atoms. The third-order valence-corrected chi connectivity index (χ3v) is 3.98. The van der Waals surface area contributed by atoms with Gasteiger partial charge in [-0.25, -0.2) is 9.48 Å². The lowest BCUT2D eigenvalue weighted by Crippen LogP contribution is -2.10. The van der Waals surface area contributed by atoms with Crippen LogP contribution in [0.2, 0.25) is 5.02 Å². The van der Waals surface area contributed by atoms with Gasteiger partial charge in [0.1, 0.15) is 16.8 Å². The van der Waals surface area contributed by atoms with E-state index >= 15 is 0 Å². The Balaban J connectivity index is 1.90. The lowest BCUT2D eigenvalue weighted by Gasteiger charge is -2.03. The lowest BCUT2D eigenvalue weighted by molar-refractivity contribution is -0.138. The molecule has 0 bridgehead atoms. The number of esters is 1. The Labute approximate surface area is 160 Å². The molecule has 1 N–H and O–H groups in total. The number of fused-ring (bicyclic) bond motifs is 1. The highest BCUT2D eigenvalue weighted by Gasteiger charge is 2.12. The minimum absolute atomic E-state index is 0.00163. The summed E-state index contributed by atoms with van der Waals surface area (Å²) < 4.78 is 6.60. The number of halogens is 1. The number of rotatable bonds is 5. The molecular formula is C19H17ClN4O3. The Kier molecular flexibility index (Phi) is 5.52. The highest BCUT2D eigenvalue weighted by Crippen LogP contribution is 2.22. The van der Waals surface area contributed by atoms with Crippen LogP contribution >= 0.6 is 11.6 Å². The first-order valence-electron chi connectivity index (χ1n) is 8.22. The zero-order valence-corrected chi connectivity index (χ0v) is 15.5. The number of carbonyl (C=O) groups excluding carboxylic acids is 1. The molecule has 0 aliphatic heterocycles. The largest absolute Gasteiger partial charge is 0.512 e. The highest BCUT2D eigenvalue weighted by atomic mass is 35.5. The number of allylic oxidation sites excluding steroid dienone is 1. The number of aliphatic hydroxyl groups is 1. The van der Waals surface area contributed by atoms with Crippen molar-refractivity contribution in [2.45, 2.75) is 13.8 Å². The number of hydrogen-bond acceptors (Lipinski definition) is 6. The van der Waals surface area contributed by atoms with Gasteiger partial charge in [-0.15, -0.1) is 5.10 Å². The fourth-order valence-electron chi connectivity index (χ4n) is 2.41. The van der Waals surface area contributed by atoms with E-state index in [9.17, 15) is 9.90 Å². The van der Waals surface area contributed by atoms with Crippen LogP contribution in [-0.2, 0) is 9.53 Å². The molecule has 0 amide bonds. The first kappa shape index (κ1) is 18.6. The van der Waals surface area contributed by atoms with Gasteiger partial charge in [0.2, 0.25) is 0 Å². The van der Waals surface area contributed by atoms with Gasteiger partial charge in [-0.1, -0.05) is 16.8 Å². The molecule has 1 aromatic heterocycles. The van der Waals surface area contributed by atoms with E-state index in [1.54, 1.807) is 35.9 Å². The first-order valence-corrected chi connectivity index (χ1v) is 8.60. The van der Waals surface area contributed by atoms with Gasteiger partial charge in [0, 0.05) is 11.2 Å². The molecule has 0 aliphatic rings. The van der Waals surface area contributed by atoms with Crippen molar-refractivity contribution >= 4 is 40.5 Å². The maximum Gasteiger partial charge on any atom is 0.343 e. The van der Waals surface area contributed by atoms with Crippen LogP contribution in [0, 0.1) is 0 Å². The number of ether oxygens (including phenoxy) is 1. The standard InChI is InChI=1S/C19H17ClN4O3/c1-3-27-19(26)16(12(2)25)11-21-14-6-9-18-17(10-14)22-23-24(18)15-7-4-13(20)5-8-15/h4-11,25H,3H2,1-2H3/b16-12-,21-11?. The van der Waals surface area contributed by atoms with Gasteiger partial charge in [0.25, 0.3) is 0 Å². The second-order valence-electron chi connectivity index (χ2n) is 5.63. The minimum atomic E-state index is -0.629. The monoisotopic (exact) mass is 384 g/mol. The predicted molar refractivity (Wildman–Crippen MR) is 104 cm³/mol. The number of aliphatic hydroxyl groups excluding tert-OH is 1. The summed E-state index contributed by atoms with van der Waals surface area (Å²) in [5.41, 5.74) is 2.84. The van der Waals surface area contributed by atoms with Crippen LogP contribution in [0.5, 0.6) is 0 Å². The molecule has 7 nitrogen and oxygen atoms in total. The molecule has 8 heteroatoms. The molecule has 0 aliphatic carbocycles. The van der Waals surface area contributed by atoms with E-state index in [0.717, 1.165) is 11.2 Å². The van der Waals surface area contributed by atoms with Gasteiger partial charge in [0.15, 0.2) is 0 Å². The van der Waals surface area contributed by atoms with Crippen LogP contribution < -0.4 is 0 Å². The van der Waals surface area contributed by atoms with E-state index in [2.05, 4.69) is 15.3 Å². The van der Waals surface area contributed by atoms with Crippen molar-refractivity contribution in [3.63, 3.8) is 0 Å². The molecule has 138 valence electrons. The average molecular weight is 385 g/mol. The van der Waals surface area contributed by atoms with Crippen LogP contribution in [0.25, 0.3) is 16.7 Å². The summed E-state index contributed by atoms with van der Waals surface area (Å²) in [6.07, 6.45) is 1.28. The third kappa shape index (κ3) is 4.15. The van der Waals surface area contributed by atoms with E-state index in [0.29, 0.717) is 16.2 Å². The molecule has 3 aromatic rings. The molecule has 0 spiro atoms. The number of carbonyl (C=O) groups is 1. The van der Waals surface area contributed by atoms with E-state index in [-0.39, 0.29) is 17.9 Å². The van der Waals surface area contributed by atoms with Crippen molar-refractivity contribution in [1.82, 2.24) is 15.0 Å². The molecule has 0 saturated carbocycles. The summed E-state index contributed by atoms with van der Waals surface area (Å²) in [6, 6.07) is 12.6. The summed E-state index contributed by atoms with van der Waals surface area (Å²) >= 11 is 5.92. The molecule has 0 fully saturated rings. The summed E-state index contributed by atoms with van der Waals surface area (Å²) in [7, 11) is 0. The number of nitrogens with zero attached hydrogens (tertiary/aromatic N) is 4. The van der Waals surface area contributed by atoms with Crippen molar-refractivity contribution in [1.29, 1.82) is 0 Å². The SMILES string of the molecule is CCOC(=O)/C(C=Nc1ccc2c(c1)nnn2-c1ccc(Cl)cc1)=C(/C)O. The van der Waals surface area contributed by atoms with E-state index in [4.69, 9.17) is 16.3 Å². The quantitative estimate of drug-likeness (QED) is 0.308. The molecule has 0 unspecified atom stereocenters. The molecular weight excluding hydrogens is 368 g/mol. The molecule has 0 saturated heterocycles. The second kappa shape index (κ2) is 8.01. The van der Waals surface area contributed by atoms with E-state index in [1.807, 2.05) is 18.2 Å². The second-order valence-corrected chi connectivity index (χ2v) is 6.06. The third-order valence-electron chi connectivity index (χ3n) is 3.73. The van der Waals surface area contributed by atoms with Gasteiger partial charge in [-0.3, -0.25) is 4.99 Å². The molecule has 0 radical (unpaired) electrons. The molecule has 1 heterocycles. The predicted octanol–water partition coefficient (Wildman–Crippen LogP) is 4.17. The van der Waals surface area contributed by atoms with Gasteiger partial charge in [-0.2, -0.15) is 0 Å². The minimum Gasteiger partial charge on any atom is -0.512 e. The van der Waals surface area contributed by atoms with Crippen molar-refractivity contribution < 1.29 is 14.6 Å². The van der Waals surface area contributed by atoms with E-state index in [1.165, 1.54) is 13.1 Å². The van der Waals surface area contributed by atoms with Crippen molar-refractivity contribution in [3.05, 3.63) is 58.8 Å². The summed E-state index contributed by atoms with van der Waals surface area (Å²) in [5.74, 6) is -0.789. The summed E-state index contributed by atoms with van der Waals surface area (Å²) in [5, 5.41) is 18.6. The smallest absolute Gasteiger partial charge is 0.343 e. The van der Waals surface area contributed by atoms with Crippen LogP contribution in [0.15, 0.2) is 58.8 Å². The van der Waals surface area contributed by atoms with Crippen LogP contribution in [0.1, 0.15) is 13.8 Å². The Morgan fingerprint density at radius 2 is 2.04 bits per heavy atom. The number of aromatic nitrogens is 3. The normalized spacial score (nSPS) is 12.4. The van der Waals surface area contributed by atoms with Crippen LogP contribution in [0.4, 0.5) is 5.69 Å². The summed E-state index contributed by atoms with van der Waals surface area (Å²) in [4.78, 5) is 16.1. The van der Waals surface area contributed by atoms with Crippen molar-refractivity contribution in [2.24, 2.45) is 4.99 Å². The lowest BCUT2D eigenvalue weighted by atomic mass is 10.2. The van der Waals surface area contributed by atoms with Gasteiger partial charge in [0.05, 0.1) is 23.5 Å². The number of benzene rings is 2. The number of hydrogen-bond donors (Lipinski definition) is 1. The molecule has 0 atom stereocenters. The first-order chi connectivity index (χ1) is 13.0. The maximum atomic E-state index is 11.8.